The minimum Gasteiger partial charge on any atom is -0.509 e. The van der Waals surface area contributed by atoms with E-state index in [9.17, 15) is 23.1 Å². The largest absolute Gasteiger partial charge is 0.509 e. The van der Waals surface area contributed by atoms with Crippen LogP contribution in [0.1, 0.15) is 36.3 Å². The lowest BCUT2D eigenvalue weighted by Gasteiger charge is -2.21. The fourth-order valence-electron chi connectivity index (χ4n) is 5.13. The van der Waals surface area contributed by atoms with Crippen molar-refractivity contribution < 1.29 is 32.2 Å². The first-order valence-electron chi connectivity index (χ1n) is 11.7. The van der Waals surface area contributed by atoms with Crippen molar-refractivity contribution in [2.45, 2.75) is 31.4 Å². The van der Waals surface area contributed by atoms with Gasteiger partial charge in [-0.1, -0.05) is 24.3 Å². The highest BCUT2D eigenvalue weighted by molar-refractivity contribution is 6.12. The van der Waals surface area contributed by atoms with Crippen molar-refractivity contribution in [3.05, 3.63) is 83.2 Å². The molecular formula is C27H25F3N2O4. The summed E-state index contributed by atoms with van der Waals surface area (Å²) in [6.07, 6.45) is 2.01. The molecule has 2 aliphatic heterocycles. The van der Waals surface area contributed by atoms with E-state index in [1.165, 1.54) is 17.4 Å². The molecule has 3 heterocycles. The molecule has 6 nitrogen and oxygen atoms in total. The number of allylic oxidation sites excluding steroid dienone is 5. The van der Waals surface area contributed by atoms with Crippen LogP contribution in [-0.4, -0.2) is 48.0 Å². The number of carbonyl (C=O) groups is 1. The molecule has 1 amide bonds. The molecule has 1 aliphatic carbocycles. The third-order valence-corrected chi connectivity index (χ3v) is 6.95. The number of rotatable bonds is 4. The zero-order valence-corrected chi connectivity index (χ0v) is 19.6. The molecule has 9 heteroatoms. The van der Waals surface area contributed by atoms with Crippen LogP contribution in [0.5, 0.6) is 5.75 Å². The van der Waals surface area contributed by atoms with Crippen LogP contribution in [-0.2, 0) is 4.79 Å². The van der Waals surface area contributed by atoms with E-state index >= 15 is 0 Å². The molecule has 2 unspecified atom stereocenters. The second kappa shape index (κ2) is 9.37. The molecule has 1 aromatic carbocycles. The van der Waals surface area contributed by atoms with E-state index in [-0.39, 0.29) is 23.7 Å². The summed E-state index contributed by atoms with van der Waals surface area (Å²) in [7, 11) is 1.58. The fraction of sp³-hybridized carbons (Fsp3) is 0.333. The molecule has 3 aliphatic rings. The zero-order chi connectivity index (χ0) is 25.4. The summed E-state index contributed by atoms with van der Waals surface area (Å²) in [5, 5.41) is 10.9. The molecule has 0 spiro atoms. The number of amides is 1. The number of carbonyl (C=O) groups excluding carboxylic acids is 1. The first-order chi connectivity index (χ1) is 17.3. The lowest BCUT2D eigenvalue weighted by atomic mass is 9.87. The van der Waals surface area contributed by atoms with Crippen LogP contribution in [0.4, 0.5) is 13.2 Å². The minimum absolute atomic E-state index is 0.0166. The van der Waals surface area contributed by atoms with Crippen molar-refractivity contribution in [2.24, 2.45) is 10.9 Å². The van der Waals surface area contributed by atoms with Gasteiger partial charge in [0.05, 0.1) is 36.8 Å². The van der Waals surface area contributed by atoms with Crippen molar-refractivity contribution in [1.29, 1.82) is 0 Å². The third kappa shape index (κ3) is 4.34. The van der Waals surface area contributed by atoms with Crippen LogP contribution >= 0.6 is 0 Å². The van der Waals surface area contributed by atoms with Gasteiger partial charge in [-0.05, 0) is 48.6 Å². The number of para-hydroxylation sites is 1. The number of ether oxygens (including phenoxy) is 1. The highest BCUT2D eigenvalue weighted by Crippen LogP contribution is 2.42. The summed E-state index contributed by atoms with van der Waals surface area (Å²) < 4.78 is 53.0. The minimum atomic E-state index is -4.72. The Bertz CT molecular complexity index is 1290. The maximum atomic E-state index is 14.2. The molecule has 1 N–H and O–H groups in total. The van der Waals surface area contributed by atoms with Gasteiger partial charge in [0, 0.05) is 24.6 Å². The molecule has 0 radical (unpaired) electrons. The quantitative estimate of drug-likeness (QED) is 0.577. The first kappa shape index (κ1) is 24.0. The highest BCUT2D eigenvalue weighted by atomic mass is 19.4. The number of hydrogen-bond donors (Lipinski definition) is 1. The van der Waals surface area contributed by atoms with Gasteiger partial charge in [-0.2, -0.15) is 13.2 Å². The predicted molar refractivity (Wildman–Crippen MR) is 128 cm³/mol. The Hall–Kier alpha value is -3.75. The van der Waals surface area contributed by atoms with Crippen molar-refractivity contribution in [3.8, 4) is 5.75 Å². The molecule has 0 saturated carbocycles. The van der Waals surface area contributed by atoms with E-state index in [0.29, 0.717) is 37.1 Å². The van der Waals surface area contributed by atoms with Crippen LogP contribution in [0.15, 0.2) is 81.4 Å². The average Bonchev–Trinajstić information content (AvgIpc) is 3.60. The number of aliphatic hydroxyl groups excluding tert-OH is 1. The highest BCUT2D eigenvalue weighted by Gasteiger charge is 2.45. The zero-order valence-electron chi connectivity index (χ0n) is 19.6. The summed E-state index contributed by atoms with van der Waals surface area (Å²) in [4.78, 5) is 19.0. The van der Waals surface area contributed by atoms with Gasteiger partial charge in [-0.25, -0.2) is 4.99 Å². The second-order valence-corrected chi connectivity index (χ2v) is 9.07. The SMILES string of the molecule is COc1ccccc1C1CCN(C(=O)C2=C(O)C3CCC=C(c4ccoc4)C=C(C(F)(F)F)C3=N2)C1. The number of hydrogen-bond acceptors (Lipinski definition) is 5. The molecule has 2 aromatic rings. The Labute approximate surface area is 206 Å². The average molecular weight is 499 g/mol. The van der Waals surface area contributed by atoms with Gasteiger partial charge in [-0.15, -0.1) is 0 Å². The van der Waals surface area contributed by atoms with Gasteiger partial charge >= 0.3 is 6.18 Å². The number of benzene rings is 1. The van der Waals surface area contributed by atoms with Gasteiger partial charge < -0.3 is 19.2 Å². The molecule has 2 atom stereocenters. The van der Waals surface area contributed by atoms with Crippen LogP contribution in [0.25, 0.3) is 5.57 Å². The summed E-state index contributed by atoms with van der Waals surface area (Å²) >= 11 is 0. The number of nitrogens with zero attached hydrogens (tertiary/aromatic N) is 2. The number of likely N-dealkylation sites (tertiary alicyclic amines) is 1. The van der Waals surface area contributed by atoms with E-state index in [4.69, 9.17) is 9.15 Å². The maximum Gasteiger partial charge on any atom is 0.418 e. The standard InChI is InChI=1S/C27H25F3N2O4/c1-35-22-8-3-2-6-19(22)17-9-11-32(14-17)26(34)24-25(33)20-7-4-5-16(18-10-12-36-15-18)13-21(23(20)31-24)27(28,29)30/h2-3,5-6,8,10,12-13,15,17,20,33H,4,7,9,11,14H2,1H3. The number of aliphatic imine (C=N–C) groups is 1. The fourth-order valence-corrected chi connectivity index (χ4v) is 5.13. The van der Waals surface area contributed by atoms with E-state index in [2.05, 4.69) is 4.99 Å². The van der Waals surface area contributed by atoms with Crippen molar-refractivity contribution in [1.82, 2.24) is 4.90 Å². The second-order valence-electron chi connectivity index (χ2n) is 9.07. The Morgan fingerprint density at radius 2 is 2.03 bits per heavy atom. The normalized spacial score (nSPS) is 22.4. The summed E-state index contributed by atoms with van der Waals surface area (Å²) in [5.74, 6) is -1.21. The third-order valence-electron chi connectivity index (χ3n) is 6.95. The van der Waals surface area contributed by atoms with E-state index in [0.717, 1.165) is 17.4 Å². The number of halogens is 3. The summed E-state index contributed by atoms with van der Waals surface area (Å²) in [5.41, 5.74) is 0.239. The lowest BCUT2D eigenvalue weighted by molar-refractivity contribution is -0.126. The summed E-state index contributed by atoms with van der Waals surface area (Å²) in [6.45, 7) is 0.766. The van der Waals surface area contributed by atoms with Crippen molar-refractivity contribution >= 4 is 17.2 Å². The van der Waals surface area contributed by atoms with Crippen LogP contribution in [0.3, 0.4) is 0 Å². The summed E-state index contributed by atoms with van der Waals surface area (Å²) in [6, 6.07) is 9.14. The van der Waals surface area contributed by atoms with Gasteiger partial charge in [0.15, 0.2) is 5.70 Å². The number of alkyl halides is 3. The van der Waals surface area contributed by atoms with Gasteiger partial charge in [0.1, 0.15) is 11.5 Å². The molecule has 1 aromatic heterocycles. The van der Waals surface area contributed by atoms with Crippen LogP contribution < -0.4 is 4.74 Å². The van der Waals surface area contributed by atoms with Gasteiger partial charge in [0.25, 0.3) is 5.91 Å². The first-order valence-corrected chi connectivity index (χ1v) is 11.7. The molecule has 188 valence electrons. The number of fused-ring (bicyclic) bond motifs is 1. The predicted octanol–water partition coefficient (Wildman–Crippen LogP) is 5.81. The Balaban J connectivity index is 1.44. The molecule has 5 rings (SSSR count). The molecule has 1 saturated heterocycles. The Morgan fingerprint density at radius 3 is 2.75 bits per heavy atom. The maximum absolute atomic E-state index is 14.2. The Kier molecular flexibility index (Phi) is 6.24. The lowest BCUT2D eigenvalue weighted by Crippen LogP contribution is -2.29. The van der Waals surface area contributed by atoms with E-state index < -0.39 is 29.3 Å². The number of methoxy groups -OCH3 is 1. The van der Waals surface area contributed by atoms with Gasteiger partial charge in [0.2, 0.25) is 0 Å². The van der Waals surface area contributed by atoms with Crippen molar-refractivity contribution in [3.63, 3.8) is 0 Å². The van der Waals surface area contributed by atoms with E-state index in [1.807, 2.05) is 24.3 Å². The van der Waals surface area contributed by atoms with Crippen molar-refractivity contribution in [2.75, 3.05) is 20.2 Å². The monoisotopic (exact) mass is 498 g/mol. The molecule has 36 heavy (non-hydrogen) atoms. The number of furan rings is 1. The Morgan fingerprint density at radius 1 is 1.22 bits per heavy atom. The molecule has 1 fully saturated rings. The van der Waals surface area contributed by atoms with Crippen LogP contribution in [0, 0.1) is 5.92 Å². The van der Waals surface area contributed by atoms with Gasteiger partial charge in [-0.3, -0.25) is 4.79 Å². The molecule has 0 bridgehead atoms. The smallest absolute Gasteiger partial charge is 0.418 e. The molecular weight excluding hydrogens is 473 g/mol. The van der Waals surface area contributed by atoms with Crippen LogP contribution in [0.2, 0.25) is 0 Å². The van der Waals surface area contributed by atoms with E-state index in [1.54, 1.807) is 19.3 Å². The topological polar surface area (TPSA) is 75.3 Å². The number of aliphatic hydroxyl groups is 1.